The molecule has 2 aromatic heterocycles. The van der Waals surface area contributed by atoms with Gasteiger partial charge in [0.05, 0.1) is 29.8 Å². The molecule has 0 radical (unpaired) electrons. The average Bonchev–Trinajstić information content (AvgIpc) is 2.73. The first-order chi connectivity index (χ1) is 14.3. The Morgan fingerprint density at radius 2 is 1.90 bits per heavy atom. The molecule has 6 nitrogen and oxygen atoms in total. The predicted molar refractivity (Wildman–Crippen MR) is 104 cm³/mol. The Balaban J connectivity index is 1.52. The summed E-state index contributed by atoms with van der Waals surface area (Å²) < 4.78 is 43.8. The molecular formula is C21H19F3N4O2. The molecule has 156 valence electrons. The molecule has 1 N–H and O–H groups in total. The normalized spacial score (nSPS) is 14.4. The van der Waals surface area contributed by atoms with Gasteiger partial charge in [0.2, 0.25) is 5.82 Å². The maximum atomic E-state index is 12.9. The molecule has 0 aliphatic carbocycles. The molecule has 3 heterocycles. The zero-order valence-electron chi connectivity index (χ0n) is 16.2. The van der Waals surface area contributed by atoms with Gasteiger partial charge < -0.3 is 9.72 Å². The number of fused-ring (bicyclic) bond motifs is 1. The largest absolute Gasteiger partial charge is 0.497 e. The number of alkyl halides is 3. The van der Waals surface area contributed by atoms with Gasteiger partial charge >= 0.3 is 6.18 Å². The van der Waals surface area contributed by atoms with Crippen molar-refractivity contribution in [3.05, 3.63) is 75.6 Å². The molecule has 1 aromatic carbocycles. The second-order valence-corrected chi connectivity index (χ2v) is 7.04. The van der Waals surface area contributed by atoms with E-state index in [-0.39, 0.29) is 24.2 Å². The minimum atomic E-state index is -4.67. The first kappa shape index (κ1) is 20.1. The smallest absolute Gasteiger partial charge is 0.449 e. The molecule has 0 fully saturated rings. The maximum absolute atomic E-state index is 12.9. The van der Waals surface area contributed by atoms with E-state index in [4.69, 9.17) is 4.74 Å². The number of nitrogens with zero attached hydrogens (tertiary/aromatic N) is 3. The highest BCUT2D eigenvalue weighted by molar-refractivity contribution is 5.60. The van der Waals surface area contributed by atoms with Crippen molar-refractivity contribution in [3.8, 4) is 17.0 Å². The second kappa shape index (κ2) is 7.91. The third-order valence-electron chi connectivity index (χ3n) is 4.99. The summed E-state index contributed by atoms with van der Waals surface area (Å²) in [4.78, 5) is 24.3. The SMILES string of the molecule is COc1ccc(-c2cccc(CN3CCc4nc(C(F)(F)F)[nH]c(=O)c4C3)n2)cc1. The van der Waals surface area contributed by atoms with E-state index in [2.05, 4.69) is 9.97 Å². The zero-order valence-corrected chi connectivity index (χ0v) is 16.2. The van der Waals surface area contributed by atoms with Crippen molar-refractivity contribution in [1.82, 2.24) is 19.9 Å². The van der Waals surface area contributed by atoms with Crippen LogP contribution in [0.3, 0.4) is 0 Å². The second-order valence-electron chi connectivity index (χ2n) is 7.04. The van der Waals surface area contributed by atoms with E-state index in [1.165, 1.54) is 0 Å². The summed E-state index contributed by atoms with van der Waals surface area (Å²) in [6, 6.07) is 13.3. The fourth-order valence-corrected chi connectivity index (χ4v) is 3.47. The van der Waals surface area contributed by atoms with Gasteiger partial charge in [-0.15, -0.1) is 0 Å². The molecule has 0 saturated heterocycles. The summed E-state index contributed by atoms with van der Waals surface area (Å²) in [7, 11) is 1.61. The molecule has 0 atom stereocenters. The molecule has 4 rings (SSSR count). The molecule has 0 amide bonds. The Kier molecular flexibility index (Phi) is 5.29. The van der Waals surface area contributed by atoms with Gasteiger partial charge in [-0.2, -0.15) is 13.2 Å². The van der Waals surface area contributed by atoms with Gasteiger partial charge in [0.25, 0.3) is 5.56 Å². The van der Waals surface area contributed by atoms with E-state index in [1.54, 1.807) is 7.11 Å². The van der Waals surface area contributed by atoms with Gasteiger partial charge in [0.1, 0.15) is 5.75 Å². The lowest BCUT2D eigenvalue weighted by Crippen LogP contribution is -2.36. The van der Waals surface area contributed by atoms with Crippen LogP contribution >= 0.6 is 0 Å². The van der Waals surface area contributed by atoms with Gasteiger partial charge in [-0.25, -0.2) is 4.98 Å². The Labute approximate surface area is 170 Å². The lowest BCUT2D eigenvalue weighted by atomic mass is 10.1. The summed E-state index contributed by atoms with van der Waals surface area (Å²) in [5.74, 6) is -0.483. The van der Waals surface area contributed by atoms with Crippen LogP contribution in [0.4, 0.5) is 13.2 Å². The Bertz CT molecular complexity index is 1110. The first-order valence-electron chi connectivity index (χ1n) is 9.35. The number of H-pyrrole nitrogens is 1. The highest BCUT2D eigenvalue weighted by Gasteiger charge is 2.35. The Morgan fingerprint density at radius 3 is 2.60 bits per heavy atom. The van der Waals surface area contributed by atoms with Crippen LogP contribution in [0.15, 0.2) is 47.3 Å². The molecular weight excluding hydrogens is 397 g/mol. The number of halogens is 3. The number of aromatic nitrogens is 3. The van der Waals surface area contributed by atoms with Crippen molar-refractivity contribution in [2.24, 2.45) is 0 Å². The van der Waals surface area contributed by atoms with Gasteiger partial charge in [0.15, 0.2) is 0 Å². The maximum Gasteiger partial charge on any atom is 0.449 e. The fourth-order valence-electron chi connectivity index (χ4n) is 3.47. The molecule has 0 spiro atoms. The molecule has 1 aliphatic rings. The van der Waals surface area contributed by atoms with Crippen LogP contribution in [0, 0.1) is 0 Å². The number of nitrogens with one attached hydrogen (secondary N) is 1. The van der Waals surface area contributed by atoms with Crippen LogP contribution in [0.1, 0.15) is 22.8 Å². The van der Waals surface area contributed by atoms with Crippen LogP contribution < -0.4 is 10.3 Å². The van der Waals surface area contributed by atoms with E-state index in [0.29, 0.717) is 13.1 Å². The monoisotopic (exact) mass is 416 g/mol. The molecule has 9 heteroatoms. The third-order valence-corrected chi connectivity index (χ3v) is 4.99. The van der Waals surface area contributed by atoms with E-state index in [0.717, 1.165) is 22.7 Å². The number of hydrogen-bond acceptors (Lipinski definition) is 5. The van der Waals surface area contributed by atoms with Crippen LogP contribution in [0.25, 0.3) is 11.3 Å². The van der Waals surface area contributed by atoms with Crippen molar-refractivity contribution in [1.29, 1.82) is 0 Å². The highest BCUT2D eigenvalue weighted by atomic mass is 19.4. The quantitative estimate of drug-likeness (QED) is 0.706. The first-order valence-corrected chi connectivity index (χ1v) is 9.35. The van der Waals surface area contributed by atoms with Crippen LogP contribution in [-0.4, -0.2) is 33.5 Å². The zero-order chi connectivity index (χ0) is 21.3. The van der Waals surface area contributed by atoms with Crippen molar-refractivity contribution < 1.29 is 17.9 Å². The summed E-state index contributed by atoms with van der Waals surface area (Å²) in [6.45, 7) is 1.20. The van der Waals surface area contributed by atoms with Crippen molar-refractivity contribution >= 4 is 0 Å². The number of benzene rings is 1. The number of pyridine rings is 1. The molecule has 3 aromatic rings. The van der Waals surface area contributed by atoms with Gasteiger partial charge in [-0.1, -0.05) is 6.07 Å². The van der Waals surface area contributed by atoms with Gasteiger partial charge in [-0.05, 0) is 36.4 Å². The lowest BCUT2D eigenvalue weighted by molar-refractivity contribution is -0.145. The van der Waals surface area contributed by atoms with Crippen molar-refractivity contribution in [3.63, 3.8) is 0 Å². The standard InChI is InChI=1S/C21H19F3N4O2/c1-30-15-7-5-13(6-8-15)17-4-2-3-14(25-17)11-28-10-9-18-16(12-28)19(29)27-20(26-18)21(22,23)24/h2-8H,9-12H2,1H3,(H,26,27,29). The van der Waals surface area contributed by atoms with Crippen LogP contribution in [0.2, 0.25) is 0 Å². The van der Waals surface area contributed by atoms with E-state index < -0.39 is 17.6 Å². The molecule has 30 heavy (non-hydrogen) atoms. The average molecular weight is 416 g/mol. The summed E-state index contributed by atoms with van der Waals surface area (Å²) >= 11 is 0. The summed E-state index contributed by atoms with van der Waals surface area (Å²) in [5, 5.41) is 0. The third kappa shape index (κ3) is 4.20. The number of ether oxygens (including phenoxy) is 1. The number of methoxy groups -OCH3 is 1. The topological polar surface area (TPSA) is 71.1 Å². The molecule has 0 unspecified atom stereocenters. The minimum Gasteiger partial charge on any atom is -0.497 e. The molecule has 0 saturated carbocycles. The van der Waals surface area contributed by atoms with Crippen LogP contribution in [0.5, 0.6) is 5.75 Å². The Morgan fingerprint density at radius 1 is 1.13 bits per heavy atom. The number of aromatic amines is 1. The van der Waals surface area contributed by atoms with Gasteiger partial charge in [0, 0.05) is 31.6 Å². The fraction of sp³-hybridized carbons (Fsp3) is 0.286. The predicted octanol–water partition coefficient (Wildman–Crippen LogP) is 3.42. The Hall–Kier alpha value is -3.20. The lowest BCUT2D eigenvalue weighted by Gasteiger charge is -2.27. The number of rotatable bonds is 4. The van der Waals surface area contributed by atoms with E-state index in [1.807, 2.05) is 52.3 Å². The molecule has 0 bridgehead atoms. The highest BCUT2D eigenvalue weighted by Crippen LogP contribution is 2.27. The van der Waals surface area contributed by atoms with Crippen molar-refractivity contribution in [2.45, 2.75) is 25.7 Å². The summed E-state index contributed by atoms with van der Waals surface area (Å²) in [5.41, 5.74) is 2.31. The van der Waals surface area contributed by atoms with Gasteiger partial charge in [-0.3, -0.25) is 14.7 Å². The van der Waals surface area contributed by atoms with Crippen LogP contribution in [-0.2, 0) is 25.7 Å². The minimum absolute atomic E-state index is 0.210. The number of hydrogen-bond donors (Lipinski definition) is 1. The van der Waals surface area contributed by atoms with E-state index in [9.17, 15) is 18.0 Å². The van der Waals surface area contributed by atoms with E-state index >= 15 is 0 Å². The molecule has 1 aliphatic heterocycles. The summed E-state index contributed by atoms with van der Waals surface area (Å²) in [6.07, 6.45) is -4.39. The van der Waals surface area contributed by atoms with Crippen molar-refractivity contribution in [2.75, 3.05) is 13.7 Å².